The van der Waals surface area contributed by atoms with Crippen LogP contribution in [-0.4, -0.2) is 29.6 Å². The minimum Gasteiger partial charge on any atom is -0.486 e. The molecule has 7 heteroatoms. The first-order chi connectivity index (χ1) is 13.8. The quantitative estimate of drug-likeness (QED) is 0.595. The molecule has 3 saturated carbocycles. The van der Waals surface area contributed by atoms with Crippen LogP contribution in [-0.2, 0) is 4.79 Å². The molecule has 3 aliphatic rings. The summed E-state index contributed by atoms with van der Waals surface area (Å²) in [5, 5.41) is 14.5. The number of aliphatic hydroxyl groups is 1. The zero-order chi connectivity index (χ0) is 20.6. The highest BCUT2D eigenvalue weighted by molar-refractivity contribution is 6.30. The molecular formula is C22H22Cl2FNO3. The Kier molecular flexibility index (Phi) is 5.60. The second-order valence-corrected chi connectivity index (χ2v) is 9.18. The molecule has 1 atom stereocenters. The lowest BCUT2D eigenvalue weighted by Crippen LogP contribution is -2.74. The predicted octanol–water partition coefficient (Wildman–Crippen LogP) is 4.72. The molecule has 4 nitrogen and oxygen atoms in total. The second-order valence-electron chi connectivity index (χ2n) is 8.34. The van der Waals surface area contributed by atoms with Crippen LogP contribution in [0.3, 0.4) is 0 Å². The molecule has 1 unspecified atom stereocenters. The van der Waals surface area contributed by atoms with E-state index in [-0.39, 0.29) is 28.4 Å². The third-order valence-corrected chi connectivity index (χ3v) is 6.49. The van der Waals surface area contributed by atoms with E-state index in [1.807, 2.05) is 12.1 Å². The molecule has 3 fully saturated rings. The number of ether oxygens (including phenoxy) is 1. The first-order valence-corrected chi connectivity index (χ1v) is 10.3. The van der Waals surface area contributed by atoms with Crippen molar-refractivity contribution in [2.45, 2.75) is 37.3 Å². The molecule has 0 amide bonds. The van der Waals surface area contributed by atoms with Crippen molar-refractivity contribution in [1.29, 1.82) is 0 Å². The van der Waals surface area contributed by atoms with Gasteiger partial charge in [-0.25, -0.2) is 4.39 Å². The van der Waals surface area contributed by atoms with E-state index in [2.05, 4.69) is 5.32 Å². The summed E-state index contributed by atoms with van der Waals surface area (Å²) in [6.45, 7) is 0.398. The van der Waals surface area contributed by atoms with E-state index in [0.717, 1.165) is 24.8 Å². The summed E-state index contributed by atoms with van der Waals surface area (Å²) in [6.07, 6.45) is 2.65. The zero-order valence-corrected chi connectivity index (χ0v) is 17.3. The lowest BCUT2D eigenvalue weighted by Gasteiger charge is -2.71. The number of carbonyl (C=O) groups is 1. The average Bonchev–Trinajstić information content (AvgIpc) is 2.64. The third kappa shape index (κ3) is 4.43. The first kappa shape index (κ1) is 20.6. The summed E-state index contributed by atoms with van der Waals surface area (Å²) in [5.74, 6) is -0.258. The topological polar surface area (TPSA) is 58.6 Å². The maximum Gasteiger partial charge on any atom is 0.170 e. The van der Waals surface area contributed by atoms with E-state index < -0.39 is 11.9 Å². The Morgan fingerprint density at radius 2 is 1.86 bits per heavy atom. The van der Waals surface area contributed by atoms with Crippen LogP contribution in [0.25, 0.3) is 0 Å². The number of β-amino-alcohol motifs (C(OH)–C–C–N with tert-alkyl or cyclic N) is 1. The molecule has 0 aromatic heterocycles. The summed E-state index contributed by atoms with van der Waals surface area (Å²) in [5.41, 5.74) is 0.909. The second kappa shape index (κ2) is 7.88. The maximum absolute atomic E-state index is 13.4. The Hall–Kier alpha value is -1.66. The number of hydrogen-bond donors (Lipinski definition) is 2. The van der Waals surface area contributed by atoms with Gasteiger partial charge in [-0.2, -0.15) is 0 Å². The maximum atomic E-state index is 13.4. The molecular weight excluding hydrogens is 416 g/mol. The summed E-state index contributed by atoms with van der Waals surface area (Å²) < 4.78 is 18.8. The lowest BCUT2D eigenvalue weighted by molar-refractivity contribution is -0.169. The van der Waals surface area contributed by atoms with Crippen molar-refractivity contribution in [3.05, 3.63) is 63.9 Å². The summed E-state index contributed by atoms with van der Waals surface area (Å²) in [7, 11) is 0. The average molecular weight is 438 g/mol. The SMILES string of the molecule is O=C(COc1ccc(Cl)c(F)c1)CC12CC(NCC(O)c3ccc(Cl)cc3)(C1)C2. The van der Waals surface area contributed by atoms with Crippen LogP contribution in [0, 0.1) is 11.2 Å². The van der Waals surface area contributed by atoms with Crippen LogP contribution in [0.2, 0.25) is 10.0 Å². The predicted molar refractivity (Wildman–Crippen MR) is 110 cm³/mol. The van der Waals surface area contributed by atoms with Gasteiger partial charge in [-0.1, -0.05) is 35.3 Å². The fourth-order valence-electron chi connectivity index (χ4n) is 4.69. The smallest absolute Gasteiger partial charge is 0.170 e. The number of hydrogen-bond acceptors (Lipinski definition) is 4. The van der Waals surface area contributed by atoms with Gasteiger partial charge in [0.05, 0.1) is 11.1 Å². The summed E-state index contributed by atoms with van der Waals surface area (Å²) in [6, 6.07) is 11.3. The molecule has 0 aliphatic heterocycles. The van der Waals surface area contributed by atoms with Crippen molar-refractivity contribution in [2.75, 3.05) is 13.2 Å². The largest absolute Gasteiger partial charge is 0.486 e. The van der Waals surface area contributed by atoms with Crippen molar-refractivity contribution >= 4 is 29.0 Å². The summed E-state index contributed by atoms with van der Waals surface area (Å²) in [4.78, 5) is 12.3. The molecule has 3 aliphatic carbocycles. The van der Waals surface area contributed by atoms with Gasteiger partial charge < -0.3 is 15.2 Å². The molecule has 0 radical (unpaired) electrons. The fraction of sp³-hybridized carbons (Fsp3) is 0.409. The molecule has 2 aromatic rings. The Bertz CT molecular complexity index is 899. The minimum atomic E-state index is -0.591. The van der Waals surface area contributed by atoms with E-state index in [0.29, 0.717) is 23.7 Å². The Labute approximate surface area is 179 Å². The number of rotatable bonds is 9. The van der Waals surface area contributed by atoms with Gasteiger partial charge in [0.2, 0.25) is 0 Å². The van der Waals surface area contributed by atoms with Crippen LogP contribution in [0.15, 0.2) is 42.5 Å². The molecule has 154 valence electrons. The zero-order valence-electron chi connectivity index (χ0n) is 15.8. The monoisotopic (exact) mass is 437 g/mol. The van der Waals surface area contributed by atoms with Crippen LogP contribution >= 0.6 is 23.2 Å². The highest BCUT2D eigenvalue weighted by Crippen LogP contribution is 2.69. The van der Waals surface area contributed by atoms with E-state index in [9.17, 15) is 14.3 Å². The van der Waals surface area contributed by atoms with Gasteiger partial charge in [-0.05, 0) is 54.5 Å². The van der Waals surface area contributed by atoms with Crippen molar-refractivity contribution in [1.82, 2.24) is 5.32 Å². The van der Waals surface area contributed by atoms with E-state index in [1.165, 1.54) is 12.1 Å². The fourth-order valence-corrected chi connectivity index (χ4v) is 4.93. The van der Waals surface area contributed by atoms with Gasteiger partial charge in [-0.3, -0.25) is 4.79 Å². The van der Waals surface area contributed by atoms with E-state index in [4.69, 9.17) is 27.9 Å². The molecule has 2 N–H and O–H groups in total. The van der Waals surface area contributed by atoms with Crippen LogP contribution < -0.4 is 10.1 Å². The number of nitrogens with one attached hydrogen (secondary N) is 1. The van der Waals surface area contributed by atoms with Crippen molar-refractivity contribution in [3.63, 3.8) is 0 Å². The highest BCUT2D eigenvalue weighted by atomic mass is 35.5. The van der Waals surface area contributed by atoms with Crippen LogP contribution in [0.4, 0.5) is 4.39 Å². The Balaban J connectivity index is 1.19. The van der Waals surface area contributed by atoms with Gasteiger partial charge >= 0.3 is 0 Å². The number of carbonyl (C=O) groups excluding carboxylic acids is 1. The molecule has 2 aromatic carbocycles. The molecule has 2 bridgehead atoms. The Morgan fingerprint density at radius 3 is 2.52 bits per heavy atom. The highest BCUT2D eigenvalue weighted by Gasteiger charge is 2.67. The number of Topliss-reactive ketones (excluding diaryl/α,β-unsaturated/α-hetero) is 1. The van der Waals surface area contributed by atoms with Crippen molar-refractivity contribution < 1.29 is 19.0 Å². The van der Waals surface area contributed by atoms with Crippen LogP contribution in [0.1, 0.15) is 37.4 Å². The molecule has 5 rings (SSSR count). The molecule has 0 saturated heterocycles. The van der Waals surface area contributed by atoms with Crippen molar-refractivity contribution in [3.8, 4) is 5.75 Å². The van der Waals surface area contributed by atoms with Gasteiger partial charge in [0.1, 0.15) is 18.2 Å². The van der Waals surface area contributed by atoms with Gasteiger partial charge in [0, 0.05) is 29.6 Å². The molecule has 0 heterocycles. The lowest BCUT2D eigenvalue weighted by atomic mass is 9.38. The third-order valence-electron chi connectivity index (χ3n) is 5.93. The Morgan fingerprint density at radius 1 is 1.17 bits per heavy atom. The van der Waals surface area contributed by atoms with Gasteiger partial charge in [0.25, 0.3) is 0 Å². The number of ketones is 1. The van der Waals surface area contributed by atoms with E-state index >= 15 is 0 Å². The summed E-state index contributed by atoms with van der Waals surface area (Å²) >= 11 is 11.5. The van der Waals surface area contributed by atoms with Crippen molar-refractivity contribution in [2.24, 2.45) is 5.41 Å². The molecule has 0 spiro atoms. The van der Waals surface area contributed by atoms with Gasteiger partial charge in [0.15, 0.2) is 5.78 Å². The first-order valence-electron chi connectivity index (χ1n) is 9.56. The van der Waals surface area contributed by atoms with E-state index in [1.54, 1.807) is 18.2 Å². The van der Waals surface area contributed by atoms with Crippen LogP contribution in [0.5, 0.6) is 5.75 Å². The van der Waals surface area contributed by atoms with Gasteiger partial charge in [-0.15, -0.1) is 0 Å². The number of benzene rings is 2. The normalized spacial score (nSPS) is 25.7. The number of halogens is 3. The standard InChI is InChI=1S/C22H22Cl2FNO3/c23-15-3-1-14(2-4-15)20(28)9-26-22-11-21(12-22,13-22)8-16(27)10-29-17-5-6-18(24)19(25)7-17/h1-7,20,26,28H,8-13H2. The molecule has 29 heavy (non-hydrogen) atoms. The minimum absolute atomic E-state index is 0.00913. The number of aliphatic hydroxyl groups excluding tert-OH is 1.